The van der Waals surface area contributed by atoms with Crippen LogP contribution in [-0.4, -0.2) is 40.0 Å². The van der Waals surface area contributed by atoms with Crippen molar-refractivity contribution in [2.45, 2.75) is 19.3 Å². The van der Waals surface area contributed by atoms with Gasteiger partial charge in [0.15, 0.2) is 0 Å². The predicted octanol–water partition coefficient (Wildman–Crippen LogP) is 2.40. The Balaban J connectivity index is 1.98. The SMILES string of the molecule is COCCNCC1(Cc2cccc(F)c2)CCOCC1. The molecule has 1 fully saturated rings. The van der Waals surface area contributed by atoms with Crippen molar-refractivity contribution in [1.82, 2.24) is 5.32 Å². The molecule has 1 heterocycles. The van der Waals surface area contributed by atoms with Gasteiger partial charge in [-0.25, -0.2) is 4.39 Å². The molecule has 0 unspecified atom stereocenters. The van der Waals surface area contributed by atoms with Crippen LogP contribution in [0, 0.1) is 11.2 Å². The number of methoxy groups -OCH3 is 1. The molecule has 0 saturated carbocycles. The summed E-state index contributed by atoms with van der Waals surface area (Å²) in [4.78, 5) is 0. The lowest BCUT2D eigenvalue weighted by Gasteiger charge is -2.37. The summed E-state index contributed by atoms with van der Waals surface area (Å²) in [5.74, 6) is -0.156. The Morgan fingerprint density at radius 3 is 2.85 bits per heavy atom. The van der Waals surface area contributed by atoms with E-state index in [0.717, 1.165) is 51.1 Å². The monoisotopic (exact) mass is 281 g/mol. The van der Waals surface area contributed by atoms with E-state index >= 15 is 0 Å². The molecule has 0 radical (unpaired) electrons. The van der Waals surface area contributed by atoms with Crippen molar-refractivity contribution < 1.29 is 13.9 Å². The Kier molecular flexibility index (Phi) is 5.95. The second kappa shape index (κ2) is 7.72. The van der Waals surface area contributed by atoms with Gasteiger partial charge in [-0.2, -0.15) is 0 Å². The number of hydrogen-bond donors (Lipinski definition) is 1. The Bertz CT molecular complexity index is 405. The first-order valence-corrected chi connectivity index (χ1v) is 7.26. The van der Waals surface area contributed by atoms with Crippen LogP contribution in [0.4, 0.5) is 4.39 Å². The van der Waals surface area contributed by atoms with Crippen molar-refractivity contribution in [3.8, 4) is 0 Å². The van der Waals surface area contributed by atoms with Crippen molar-refractivity contribution in [2.24, 2.45) is 5.41 Å². The Morgan fingerprint density at radius 1 is 1.35 bits per heavy atom. The van der Waals surface area contributed by atoms with Crippen LogP contribution < -0.4 is 5.32 Å². The molecule has 0 aliphatic carbocycles. The predicted molar refractivity (Wildman–Crippen MR) is 77.3 cm³/mol. The van der Waals surface area contributed by atoms with E-state index in [1.54, 1.807) is 19.2 Å². The number of rotatable bonds is 7. The highest BCUT2D eigenvalue weighted by Gasteiger charge is 2.32. The normalized spacial score (nSPS) is 18.1. The zero-order valence-corrected chi connectivity index (χ0v) is 12.2. The zero-order valence-electron chi connectivity index (χ0n) is 12.2. The Morgan fingerprint density at radius 2 is 2.15 bits per heavy atom. The number of benzene rings is 1. The van der Waals surface area contributed by atoms with Crippen LogP contribution in [0.5, 0.6) is 0 Å². The first-order valence-electron chi connectivity index (χ1n) is 7.26. The fraction of sp³-hybridized carbons (Fsp3) is 0.625. The molecule has 2 rings (SSSR count). The minimum atomic E-state index is -0.156. The average molecular weight is 281 g/mol. The minimum Gasteiger partial charge on any atom is -0.383 e. The smallest absolute Gasteiger partial charge is 0.123 e. The van der Waals surface area contributed by atoms with E-state index in [1.807, 2.05) is 6.07 Å². The molecule has 1 aliphatic heterocycles. The molecule has 20 heavy (non-hydrogen) atoms. The van der Waals surface area contributed by atoms with Crippen LogP contribution in [0.1, 0.15) is 18.4 Å². The summed E-state index contributed by atoms with van der Waals surface area (Å²) in [5, 5.41) is 3.46. The van der Waals surface area contributed by atoms with Crippen molar-refractivity contribution in [3.05, 3.63) is 35.6 Å². The summed E-state index contributed by atoms with van der Waals surface area (Å²) in [6, 6.07) is 6.94. The number of halogens is 1. The molecule has 1 N–H and O–H groups in total. The van der Waals surface area contributed by atoms with Crippen molar-refractivity contribution in [1.29, 1.82) is 0 Å². The molecule has 0 spiro atoms. The number of ether oxygens (including phenoxy) is 2. The highest BCUT2D eigenvalue weighted by atomic mass is 19.1. The highest BCUT2D eigenvalue weighted by Crippen LogP contribution is 2.33. The van der Waals surface area contributed by atoms with Crippen molar-refractivity contribution >= 4 is 0 Å². The summed E-state index contributed by atoms with van der Waals surface area (Å²) in [7, 11) is 1.71. The van der Waals surface area contributed by atoms with Crippen LogP contribution >= 0.6 is 0 Å². The molecule has 112 valence electrons. The second-order valence-electron chi connectivity index (χ2n) is 5.59. The molecule has 1 aromatic rings. The van der Waals surface area contributed by atoms with Gasteiger partial charge in [-0.05, 0) is 42.4 Å². The second-order valence-corrected chi connectivity index (χ2v) is 5.59. The lowest BCUT2D eigenvalue weighted by atomic mass is 9.75. The molecule has 4 heteroatoms. The zero-order chi connectivity index (χ0) is 14.3. The first kappa shape index (κ1) is 15.4. The highest BCUT2D eigenvalue weighted by molar-refractivity contribution is 5.18. The maximum atomic E-state index is 13.3. The summed E-state index contributed by atoms with van der Waals surface area (Å²) >= 11 is 0. The van der Waals surface area contributed by atoms with Crippen molar-refractivity contribution in [3.63, 3.8) is 0 Å². The van der Waals surface area contributed by atoms with E-state index < -0.39 is 0 Å². The summed E-state index contributed by atoms with van der Waals surface area (Å²) < 4.78 is 23.9. The molecule has 1 aromatic carbocycles. The minimum absolute atomic E-state index is 0.156. The first-order chi connectivity index (χ1) is 9.74. The standard InChI is InChI=1S/C16H24FNO2/c1-19-10-7-18-13-16(5-8-20-9-6-16)12-14-3-2-4-15(17)11-14/h2-4,11,18H,5-10,12-13H2,1H3. The molecular weight excluding hydrogens is 257 g/mol. The van der Waals surface area contributed by atoms with Crippen molar-refractivity contribution in [2.75, 3.05) is 40.0 Å². The third-order valence-electron chi connectivity index (χ3n) is 4.00. The molecule has 3 nitrogen and oxygen atoms in total. The Hall–Kier alpha value is -0.970. The molecular formula is C16H24FNO2. The van der Waals surface area contributed by atoms with Gasteiger partial charge >= 0.3 is 0 Å². The van der Waals surface area contributed by atoms with Gasteiger partial charge in [-0.3, -0.25) is 0 Å². The van der Waals surface area contributed by atoms with Gasteiger partial charge in [0.25, 0.3) is 0 Å². The number of nitrogens with one attached hydrogen (secondary N) is 1. The fourth-order valence-corrected chi connectivity index (χ4v) is 2.83. The lowest BCUT2D eigenvalue weighted by molar-refractivity contribution is 0.0143. The van der Waals surface area contributed by atoms with E-state index in [9.17, 15) is 4.39 Å². The van der Waals surface area contributed by atoms with Gasteiger partial charge in [0.05, 0.1) is 6.61 Å². The maximum absolute atomic E-state index is 13.3. The van der Waals surface area contributed by atoms with Crippen LogP contribution in [0.3, 0.4) is 0 Å². The summed E-state index contributed by atoms with van der Waals surface area (Å²) in [6.45, 7) is 4.08. The quantitative estimate of drug-likeness (QED) is 0.779. The van der Waals surface area contributed by atoms with E-state index in [2.05, 4.69) is 5.32 Å². The van der Waals surface area contributed by atoms with Crippen LogP contribution in [0.25, 0.3) is 0 Å². The maximum Gasteiger partial charge on any atom is 0.123 e. The fourth-order valence-electron chi connectivity index (χ4n) is 2.83. The third-order valence-corrected chi connectivity index (χ3v) is 4.00. The van der Waals surface area contributed by atoms with Crippen LogP contribution in [0.15, 0.2) is 24.3 Å². The topological polar surface area (TPSA) is 30.5 Å². The van der Waals surface area contributed by atoms with E-state index in [4.69, 9.17) is 9.47 Å². The van der Waals surface area contributed by atoms with Gasteiger partial charge in [0.1, 0.15) is 5.82 Å². The van der Waals surface area contributed by atoms with E-state index in [0.29, 0.717) is 6.61 Å². The third kappa shape index (κ3) is 4.54. The molecule has 1 aliphatic rings. The largest absolute Gasteiger partial charge is 0.383 e. The molecule has 0 aromatic heterocycles. The van der Waals surface area contributed by atoms with E-state index in [-0.39, 0.29) is 11.2 Å². The van der Waals surface area contributed by atoms with Gasteiger partial charge in [0, 0.05) is 33.4 Å². The molecule has 0 amide bonds. The number of hydrogen-bond acceptors (Lipinski definition) is 3. The lowest BCUT2D eigenvalue weighted by Crippen LogP contribution is -2.41. The molecule has 0 bridgehead atoms. The Labute approximate surface area is 120 Å². The van der Waals surface area contributed by atoms with Gasteiger partial charge in [-0.1, -0.05) is 12.1 Å². The average Bonchev–Trinajstić information content (AvgIpc) is 2.45. The molecule has 0 atom stereocenters. The molecule has 1 saturated heterocycles. The van der Waals surface area contributed by atoms with Gasteiger partial charge in [-0.15, -0.1) is 0 Å². The van der Waals surface area contributed by atoms with Crippen LogP contribution in [0.2, 0.25) is 0 Å². The van der Waals surface area contributed by atoms with E-state index in [1.165, 1.54) is 6.07 Å². The van der Waals surface area contributed by atoms with Gasteiger partial charge < -0.3 is 14.8 Å². The van der Waals surface area contributed by atoms with Gasteiger partial charge in [0.2, 0.25) is 0 Å². The summed E-state index contributed by atoms with van der Waals surface area (Å²) in [6.07, 6.45) is 2.93. The van der Waals surface area contributed by atoms with Crippen LogP contribution in [-0.2, 0) is 15.9 Å². The summed E-state index contributed by atoms with van der Waals surface area (Å²) in [5.41, 5.74) is 1.24.